The van der Waals surface area contributed by atoms with Crippen LogP contribution >= 0.6 is 0 Å². The number of aliphatic hydroxyl groups is 2. The molecule has 2 heterocycles. The summed E-state index contributed by atoms with van der Waals surface area (Å²) in [5.74, 6) is -0.0461. The van der Waals surface area contributed by atoms with Gasteiger partial charge in [-0.1, -0.05) is 24.3 Å². The fourth-order valence-corrected chi connectivity index (χ4v) is 4.01. The van der Waals surface area contributed by atoms with Gasteiger partial charge in [0.15, 0.2) is 0 Å². The minimum atomic E-state index is -0.814. The van der Waals surface area contributed by atoms with Crippen molar-refractivity contribution in [2.45, 2.75) is 18.6 Å². The quantitative estimate of drug-likeness (QED) is 0.633. The van der Waals surface area contributed by atoms with Crippen LogP contribution in [0.15, 0.2) is 48.5 Å². The maximum absolute atomic E-state index is 11.9. The van der Waals surface area contributed by atoms with E-state index in [1.807, 2.05) is 48.5 Å². The van der Waals surface area contributed by atoms with Crippen LogP contribution in [-0.2, 0) is 14.3 Å². The van der Waals surface area contributed by atoms with Gasteiger partial charge in [-0.15, -0.1) is 0 Å². The number of anilines is 2. The molecule has 0 radical (unpaired) electrons. The van der Waals surface area contributed by atoms with Crippen LogP contribution in [0.4, 0.5) is 11.4 Å². The van der Waals surface area contributed by atoms with Crippen LogP contribution in [0.25, 0.3) is 0 Å². The van der Waals surface area contributed by atoms with Crippen molar-refractivity contribution in [2.75, 3.05) is 50.2 Å². The molecule has 2 aliphatic rings. The highest BCUT2D eigenvalue weighted by Gasteiger charge is 2.38. The van der Waals surface area contributed by atoms with Gasteiger partial charge in [-0.3, -0.25) is 4.79 Å². The number of methoxy groups -OCH3 is 1. The van der Waals surface area contributed by atoms with Crippen molar-refractivity contribution in [3.05, 3.63) is 59.7 Å². The zero-order valence-electron chi connectivity index (χ0n) is 16.9. The van der Waals surface area contributed by atoms with Crippen molar-refractivity contribution < 1.29 is 24.5 Å². The Labute approximate surface area is 175 Å². The number of amides is 1. The molecule has 2 unspecified atom stereocenters. The zero-order valence-corrected chi connectivity index (χ0v) is 16.9. The molecule has 3 N–H and O–H groups in total. The van der Waals surface area contributed by atoms with Crippen LogP contribution in [0, 0.1) is 0 Å². The summed E-state index contributed by atoms with van der Waals surface area (Å²) in [6.07, 6.45) is -1.92. The molecule has 1 amide bonds. The Morgan fingerprint density at radius 3 is 2.63 bits per heavy atom. The predicted molar refractivity (Wildman–Crippen MR) is 112 cm³/mol. The predicted octanol–water partition coefficient (Wildman–Crippen LogP) is 1.47. The van der Waals surface area contributed by atoms with E-state index in [-0.39, 0.29) is 19.1 Å². The first-order valence-electron chi connectivity index (χ1n) is 10.0. The van der Waals surface area contributed by atoms with E-state index in [4.69, 9.17) is 9.47 Å². The molecule has 4 rings (SSSR count). The zero-order chi connectivity index (χ0) is 21.1. The van der Waals surface area contributed by atoms with Gasteiger partial charge in [0.2, 0.25) is 0 Å². The monoisotopic (exact) mass is 413 g/mol. The van der Waals surface area contributed by atoms with E-state index in [9.17, 15) is 15.0 Å². The Bertz CT molecular complexity index is 875. The second kappa shape index (κ2) is 9.11. The highest BCUT2D eigenvalue weighted by molar-refractivity contribution is 5.95. The summed E-state index contributed by atoms with van der Waals surface area (Å²) < 4.78 is 10.7. The molecule has 2 aromatic rings. The number of carbonyl (C=O) groups is 1. The van der Waals surface area contributed by atoms with Gasteiger partial charge in [-0.05, 0) is 24.3 Å². The largest absolute Gasteiger partial charge is 0.390 e. The number of nitrogens with zero attached hydrogens (tertiary/aromatic N) is 2. The number of aliphatic hydroxyl groups excluding tert-OH is 2. The molecule has 0 bridgehead atoms. The first kappa shape index (κ1) is 20.8. The first-order valence-corrected chi connectivity index (χ1v) is 10.0. The molecule has 8 heteroatoms. The van der Waals surface area contributed by atoms with Gasteiger partial charge in [-0.25, -0.2) is 4.90 Å². The lowest BCUT2D eigenvalue weighted by molar-refractivity contribution is -0.125. The smallest absolute Gasteiger partial charge is 0.253 e. The first-order chi connectivity index (χ1) is 14.6. The molecule has 30 heavy (non-hydrogen) atoms. The fraction of sp³-hybridized carbons (Fsp3) is 0.409. The summed E-state index contributed by atoms with van der Waals surface area (Å²) in [7, 11) is 1.60. The maximum atomic E-state index is 11.9. The lowest BCUT2D eigenvalue weighted by Gasteiger charge is -2.29. The Kier molecular flexibility index (Phi) is 6.31. The fourth-order valence-electron chi connectivity index (χ4n) is 4.01. The Hall–Kier alpha value is -2.49. The number of morpholine rings is 1. The number of nitrogens with one attached hydrogen (secondary N) is 1. The van der Waals surface area contributed by atoms with E-state index in [0.717, 1.165) is 22.5 Å². The van der Waals surface area contributed by atoms with Gasteiger partial charge in [0, 0.05) is 49.2 Å². The number of fused-ring (bicyclic) bond motifs is 1. The lowest BCUT2D eigenvalue weighted by atomic mass is 10.1. The highest BCUT2D eigenvalue weighted by atomic mass is 16.5. The summed E-state index contributed by atoms with van der Waals surface area (Å²) in [6, 6.07) is 15.1. The molecule has 0 saturated carbocycles. The van der Waals surface area contributed by atoms with E-state index in [1.165, 1.54) is 0 Å². The van der Waals surface area contributed by atoms with E-state index < -0.39 is 18.6 Å². The molecule has 1 saturated heterocycles. The minimum absolute atomic E-state index is 0.0461. The number of β-amino-alcohol motifs (C(OH)–C–C–N with tert-alkyl or cyclic N) is 1. The van der Waals surface area contributed by atoms with Crippen LogP contribution in [-0.4, -0.2) is 67.1 Å². The van der Waals surface area contributed by atoms with Gasteiger partial charge in [0.1, 0.15) is 19.1 Å². The topological polar surface area (TPSA) is 94.5 Å². The van der Waals surface area contributed by atoms with Crippen LogP contribution < -0.4 is 10.2 Å². The molecule has 0 aliphatic carbocycles. The van der Waals surface area contributed by atoms with E-state index in [0.29, 0.717) is 19.7 Å². The summed E-state index contributed by atoms with van der Waals surface area (Å²) in [4.78, 5) is 15.4. The minimum Gasteiger partial charge on any atom is -0.390 e. The third kappa shape index (κ3) is 4.19. The second-order valence-corrected chi connectivity index (χ2v) is 7.47. The maximum Gasteiger partial charge on any atom is 0.253 e. The Morgan fingerprint density at radius 2 is 1.93 bits per heavy atom. The van der Waals surface area contributed by atoms with Crippen LogP contribution in [0.1, 0.15) is 23.6 Å². The average molecular weight is 413 g/mol. The van der Waals surface area contributed by atoms with Crippen molar-refractivity contribution in [1.82, 2.24) is 4.90 Å². The van der Waals surface area contributed by atoms with Gasteiger partial charge < -0.3 is 29.9 Å². The second-order valence-electron chi connectivity index (χ2n) is 7.47. The third-order valence-corrected chi connectivity index (χ3v) is 5.51. The highest BCUT2D eigenvalue weighted by Crippen LogP contribution is 2.40. The molecule has 160 valence electrons. The van der Waals surface area contributed by atoms with Crippen molar-refractivity contribution in [1.29, 1.82) is 0 Å². The van der Waals surface area contributed by atoms with Gasteiger partial charge in [0.05, 0.1) is 12.7 Å². The van der Waals surface area contributed by atoms with Gasteiger partial charge in [0.25, 0.3) is 5.91 Å². The van der Waals surface area contributed by atoms with Crippen LogP contribution in [0.3, 0.4) is 0 Å². The number of hydrogen-bond acceptors (Lipinski definition) is 7. The summed E-state index contributed by atoms with van der Waals surface area (Å²) in [6.45, 7) is 1.76. The van der Waals surface area contributed by atoms with Gasteiger partial charge in [-0.2, -0.15) is 0 Å². The normalized spacial score (nSPS) is 22.8. The van der Waals surface area contributed by atoms with Crippen molar-refractivity contribution in [3.63, 3.8) is 0 Å². The Morgan fingerprint density at radius 1 is 1.20 bits per heavy atom. The summed E-state index contributed by atoms with van der Waals surface area (Å²) in [5.41, 5.74) is 3.39. The molecule has 0 aromatic heterocycles. The number of carbonyl (C=O) groups excluding carboxylic acids is 1. The van der Waals surface area contributed by atoms with Crippen molar-refractivity contribution >= 4 is 17.3 Å². The van der Waals surface area contributed by atoms with Crippen molar-refractivity contribution in [3.8, 4) is 0 Å². The standard InChI is InChI=1S/C22H27N3O5/c1-29-22-19-5-3-2-4-18(19)21(28)25(22)13-17(26)12-23-15-6-8-16(9-7-15)24-10-11-30-14-20(24)27/h2-9,17,21-23,26,28H,10-14H2,1H3/t17-,21?,22?/m1/s1. The molecular formula is C22H27N3O5. The average Bonchev–Trinajstić information content (AvgIpc) is 3.04. The van der Waals surface area contributed by atoms with E-state index in [1.54, 1.807) is 16.9 Å². The van der Waals surface area contributed by atoms with Crippen LogP contribution in [0.2, 0.25) is 0 Å². The van der Waals surface area contributed by atoms with Crippen LogP contribution in [0.5, 0.6) is 0 Å². The van der Waals surface area contributed by atoms with E-state index >= 15 is 0 Å². The molecule has 0 spiro atoms. The molecule has 2 aromatic carbocycles. The summed E-state index contributed by atoms with van der Waals surface area (Å²) >= 11 is 0. The number of rotatable bonds is 7. The molecule has 8 nitrogen and oxygen atoms in total. The number of hydrogen-bond donors (Lipinski definition) is 3. The van der Waals surface area contributed by atoms with E-state index in [2.05, 4.69) is 5.32 Å². The van der Waals surface area contributed by atoms with Crippen molar-refractivity contribution in [2.24, 2.45) is 0 Å². The summed E-state index contributed by atoms with van der Waals surface area (Å²) in [5, 5.41) is 24.4. The molecule has 3 atom stereocenters. The number of ether oxygens (including phenoxy) is 2. The SMILES string of the molecule is COC1c2ccccc2C(O)N1C[C@H](O)CNc1ccc(N2CCOCC2=O)cc1. The molecule has 1 fully saturated rings. The van der Waals surface area contributed by atoms with Gasteiger partial charge >= 0.3 is 0 Å². The molecular weight excluding hydrogens is 386 g/mol. The third-order valence-electron chi connectivity index (χ3n) is 5.51. The Balaban J connectivity index is 1.33. The molecule has 2 aliphatic heterocycles. The number of benzene rings is 2. The lowest BCUT2D eigenvalue weighted by Crippen LogP contribution is -2.41.